The van der Waals surface area contributed by atoms with Crippen LogP contribution in [-0.4, -0.2) is 6.61 Å². The van der Waals surface area contributed by atoms with Crippen molar-refractivity contribution in [2.24, 2.45) is 0 Å². The van der Waals surface area contributed by atoms with Crippen molar-refractivity contribution >= 4 is 0 Å². The average Bonchev–Trinajstić information content (AvgIpc) is 2.35. The van der Waals surface area contributed by atoms with E-state index in [4.69, 9.17) is 4.74 Å². The summed E-state index contributed by atoms with van der Waals surface area (Å²) in [6.45, 7) is 9.10. The Morgan fingerprint density at radius 3 is 2.11 bits per heavy atom. The summed E-state index contributed by atoms with van der Waals surface area (Å²) in [5.74, 6) is 0.969. The van der Waals surface area contributed by atoms with Crippen molar-refractivity contribution in [1.29, 1.82) is 0 Å². The van der Waals surface area contributed by atoms with Crippen LogP contribution in [0.15, 0.2) is 36.4 Å². The van der Waals surface area contributed by atoms with Crippen LogP contribution in [0.2, 0.25) is 0 Å². The van der Waals surface area contributed by atoms with Gasteiger partial charge in [-0.3, -0.25) is 0 Å². The SMILES string of the molecule is CCOc1ccc(C)cc1-c1cc(C)ccc1C. The summed E-state index contributed by atoms with van der Waals surface area (Å²) in [5.41, 5.74) is 6.28. The van der Waals surface area contributed by atoms with Gasteiger partial charge in [-0.15, -0.1) is 0 Å². The van der Waals surface area contributed by atoms with Gasteiger partial charge < -0.3 is 4.74 Å². The summed E-state index contributed by atoms with van der Waals surface area (Å²) < 4.78 is 5.74. The third-order valence-corrected chi connectivity index (χ3v) is 3.12. The minimum absolute atomic E-state index is 0.695. The molecular formula is C17H20O. The van der Waals surface area contributed by atoms with Crippen LogP contribution in [0.3, 0.4) is 0 Å². The highest BCUT2D eigenvalue weighted by atomic mass is 16.5. The topological polar surface area (TPSA) is 9.23 Å². The molecule has 0 unspecified atom stereocenters. The van der Waals surface area contributed by atoms with Crippen molar-refractivity contribution in [3.8, 4) is 16.9 Å². The molecule has 0 aliphatic carbocycles. The maximum atomic E-state index is 5.74. The Morgan fingerprint density at radius 1 is 0.833 bits per heavy atom. The van der Waals surface area contributed by atoms with Gasteiger partial charge in [0.2, 0.25) is 0 Å². The van der Waals surface area contributed by atoms with Crippen molar-refractivity contribution in [1.82, 2.24) is 0 Å². The molecule has 0 saturated heterocycles. The predicted molar refractivity (Wildman–Crippen MR) is 77.3 cm³/mol. The highest BCUT2D eigenvalue weighted by Crippen LogP contribution is 2.33. The average molecular weight is 240 g/mol. The Kier molecular flexibility index (Phi) is 3.71. The molecular weight excluding hydrogens is 220 g/mol. The van der Waals surface area contributed by atoms with Crippen LogP contribution in [-0.2, 0) is 0 Å². The number of aryl methyl sites for hydroxylation is 3. The van der Waals surface area contributed by atoms with Crippen molar-refractivity contribution < 1.29 is 4.74 Å². The highest BCUT2D eigenvalue weighted by Gasteiger charge is 2.09. The van der Waals surface area contributed by atoms with Gasteiger partial charge in [0.15, 0.2) is 0 Å². The molecule has 0 aliphatic rings. The maximum absolute atomic E-state index is 5.74. The van der Waals surface area contributed by atoms with Gasteiger partial charge in [0, 0.05) is 5.56 Å². The molecule has 0 N–H and O–H groups in total. The second-order valence-electron chi connectivity index (χ2n) is 4.75. The lowest BCUT2D eigenvalue weighted by molar-refractivity contribution is 0.341. The fourth-order valence-electron chi connectivity index (χ4n) is 2.16. The third-order valence-electron chi connectivity index (χ3n) is 3.12. The Morgan fingerprint density at radius 2 is 1.44 bits per heavy atom. The van der Waals surface area contributed by atoms with E-state index in [-0.39, 0.29) is 0 Å². The van der Waals surface area contributed by atoms with E-state index in [9.17, 15) is 0 Å². The first kappa shape index (κ1) is 12.7. The summed E-state index contributed by atoms with van der Waals surface area (Å²) in [6, 6.07) is 12.9. The number of ether oxygens (including phenoxy) is 1. The lowest BCUT2D eigenvalue weighted by atomic mass is 9.96. The molecule has 0 radical (unpaired) electrons. The quantitative estimate of drug-likeness (QED) is 0.757. The van der Waals surface area contributed by atoms with Crippen LogP contribution in [0.25, 0.3) is 11.1 Å². The monoisotopic (exact) mass is 240 g/mol. The number of hydrogen-bond acceptors (Lipinski definition) is 1. The Balaban J connectivity index is 2.61. The largest absolute Gasteiger partial charge is 0.493 e. The lowest BCUT2D eigenvalue weighted by Gasteiger charge is -2.14. The van der Waals surface area contributed by atoms with Crippen LogP contribution in [0.4, 0.5) is 0 Å². The zero-order valence-corrected chi connectivity index (χ0v) is 11.6. The molecule has 2 aromatic rings. The third kappa shape index (κ3) is 2.56. The molecule has 0 saturated carbocycles. The van der Waals surface area contributed by atoms with Crippen molar-refractivity contribution in [2.75, 3.05) is 6.61 Å². The molecule has 18 heavy (non-hydrogen) atoms. The van der Waals surface area contributed by atoms with Gasteiger partial charge in [-0.05, 0) is 51.0 Å². The molecule has 0 spiro atoms. The van der Waals surface area contributed by atoms with E-state index in [0.717, 1.165) is 5.75 Å². The number of hydrogen-bond donors (Lipinski definition) is 0. The van der Waals surface area contributed by atoms with Gasteiger partial charge >= 0.3 is 0 Å². The van der Waals surface area contributed by atoms with Gasteiger partial charge in [0.1, 0.15) is 5.75 Å². The molecule has 0 amide bonds. The smallest absolute Gasteiger partial charge is 0.127 e. The van der Waals surface area contributed by atoms with Gasteiger partial charge in [-0.2, -0.15) is 0 Å². The molecule has 1 heteroatoms. The minimum Gasteiger partial charge on any atom is -0.493 e. The molecule has 0 heterocycles. The van der Waals surface area contributed by atoms with E-state index < -0.39 is 0 Å². The molecule has 2 aromatic carbocycles. The first-order chi connectivity index (χ1) is 8.61. The van der Waals surface area contributed by atoms with Crippen LogP contribution >= 0.6 is 0 Å². The van der Waals surface area contributed by atoms with E-state index in [1.165, 1.54) is 27.8 Å². The standard InChI is InChI=1S/C17H20O/c1-5-18-17-9-7-13(3)11-16(17)15-10-12(2)6-8-14(15)4/h6-11H,5H2,1-4H3. The number of rotatable bonds is 3. The molecule has 0 atom stereocenters. The minimum atomic E-state index is 0.695. The van der Waals surface area contributed by atoms with Crippen LogP contribution in [0, 0.1) is 20.8 Å². The van der Waals surface area contributed by atoms with Crippen LogP contribution in [0.1, 0.15) is 23.6 Å². The van der Waals surface area contributed by atoms with Gasteiger partial charge in [-0.25, -0.2) is 0 Å². The lowest BCUT2D eigenvalue weighted by Crippen LogP contribution is -1.96. The van der Waals surface area contributed by atoms with Crippen molar-refractivity contribution in [2.45, 2.75) is 27.7 Å². The second-order valence-corrected chi connectivity index (χ2v) is 4.75. The van der Waals surface area contributed by atoms with Crippen LogP contribution in [0.5, 0.6) is 5.75 Å². The first-order valence-electron chi connectivity index (χ1n) is 6.43. The van der Waals surface area contributed by atoms with E-state index in [2.05, 4.69) is 57.2 Å². The summed E-state index contributed by atoms with van der Waals surface area (Å²) >= 11 is 0. The maximum Gasteiger partial charge on any atom is 0.127 e. The van der Waals surface area contributed by atoms with E-state index in [1.807, 2.05) is 6.92 Å². The summed E-state index contributed by atoms with van der Waals surface area (Å²) in [5, 5.41) is 0. The summed E-state index contributed by atoms with van der Waals surface area (Å²) in [4.78, 5) is 0. The normalized spacial score (nSPS) is 10.4. The molecule has 0 aliphatic heterocycles. The van der Waals surface area contributed by atoms with Crippen LogP contribution < -0.4 is 4.74 Å². The number of benzene rings is 2. The fourth-order valence-corrected chi connectivity index (χ4v) is 2.16. The fraction of sp³-hybridized carbons (Fsp3) is 0.294. The summed E-state index contributed by atoms with van der Waals surface area (Å²) in [6.07, 6.45) is 0. The van der Waals surface area contributed by atoms with E-state index >= 15 is 0 Å². The summed E-state index contributed by atoms with van der Waals surface area (Å²) in [7, 11) is 0. The predicted octanol–water partition coefficient (Wildman–Crippen LogP) is 4.68. The zero-order valence-electron chi connectivity index (χ0n) is 11.6. The van der Waals surface area contributed by atoms with Gasteiger partial charge in [0.25, 0.3) is 0 Å². The van der Waals surface area contributed by atoms with Crippen molar-refractivity contribution in [3.05, 3.63) is 53.1 Å². The molecule has 2 rings (SSSR count). The first-order valence-corrected chi connectivity index (χ1v) is 6.43. The highest BCUT2D eigenvalue weighted by molar-refractivity contribution is 5.74. The molecule has 0 bridgehead atoms. The molecule has 1 nitrogen and oxygen atoms in total. The van der Waals surface area contributed by atoms with Gasteiger partial charge in [0.05, 0.1) is 6.61 Å². The van der Waals surface area contributed by atoms with Gasteiger partial charge in [-0.1, -0.05) is 35.4 Å². The van der Waals surface area contributed by atoms with Crippen molar-refractivity contribution in [3.63, 3.8) is 0 Å². The zero-order chi connectivity index (χ0) is 13.1. The second kappa shape index (κ2) is 5.26. The Labute approximate surface area is 109 Å². The Hall–Kier alpha value is -1.76. The van der Waals surface area contributed by atoms with E-state index in [1.54, 1.807) is 0 Å². The molecule has 0 aromatic heterocycles. The Bertz CT molecular complexity index is 556. The molecule has 94 valence electrons. The molecule has 0 fully saturated rings. The van der Waals surface area contributed by atoms with E-state index in [0.29, 0.717) is 6.61 Å².